The van der Waals surface area contributed by atoms with Crippen molar-refractivity contribution in [1.82, 2.24) is 9.66 Å². The maximum atomic E-state index is 11.5. The number of aromatic carboxylic acids is 1. The zero-order valence-electron chi connectivity index (χ0n) is 15.4. The summed E-state index contributed by atoms with van der Waals surface area (Å²) in [4.78, 5) is 37.1. The fourth-order valence-corrected chi connectivity index (χ4v) is 2.23. The van der Waals surface area contributed by atoms with Crippen molar-refractivity contribution in [2.45, 2.75) is 21.3 Å². The summed E-state index contributed by atoms with van der Waals surface area (Å²) in [6.07, 6.45) is 0. The number of aromatic nitrogens is 2. The van der Waals surface area contributed by atoms with Crippen molar-refractivity contribution < 1.29 is 14.7 Å². The van der Waals surface area contributed by atoms with Crippen LogP contribution in [0.2, 0.25) is 0 Å². The molecule has 156 valence electrons. The molecule has 0 saturated heterocycles. The molecule has 10 heteroatoms. The number of fused-ring (bicyclic) bond motifs is 1. The molecule has 0 aliphatic rings. The first-order valence-corrected chi connectivity index (χ1v) is 7.98. The van der Waals surface area contributed by atoms with Crippen molar-refractivity contribution in [1.29, 1.82) is 0 Å². The van der Waals surface area contributed by atoms with Gasteiger partial charge in [0.2, 0.25) is 5.91 Å². The third-order valence-electron chi connectivity index (χ3n) is 3.45. The molecular formula is C19H26N6O4. The Bertz CT molecular complexity index is 1030. The predicted molar refractivity (Wildman–Crippen MR) is 114 cm³/mol. The molecule has 0 aliphatic carbocycles. The Morgan fingerprint density at radius 1 is 1.07 bits per heavy atom. The number of aryl methyl sites for hydroxylation is 1. The lowest BCUT2D eigenvalue weighted by Gasteiger charge is -2.04. The Morgan fingerprint density at radius 2 is 1.62 bits per heavy atom. The molecule has 0 bridgehead atoms. The SMILES string of the molecule is C.CC(=O)Nc1ccccc1C(=O)O.Cc1nc2ccccc2c(=O)n1N.NN. The predicted octanol–water partition coefficient (Wildman–Crippen LogP) is 1.22. The highest BCUT2D eigenvalue weighted by Crippen LogP contribution is 2.14. The number of anilines is 1. The second kappa shape index (κ2) is 11.8. The molecule has 29 heavy (non-hydrogen) atoms. The van der Waals surface area contributed by atoms with Crippen LogP contribution < -0.4 is 28.4 Å². The first-order valence-electron chi connectivity index (χ1n) is 7.98. The monoisotopic (exact) mass is 402 g/mol. The molecule has 10 nitrogen and oxygen atoms in total. The molecule has 1 amide bonds. The van der Waals surface area contributed by atoms with E-state index in [0.29, 0.717) is 22.4 Å². The summed E-state index contributed by atoms with van der Waals surface area (Å²) in [6.45, 7) is 3.03. The van der Waals surface area contributed by atoms with Gasteiger partial charge in [0.15, 0.2) is 0 Å². The van der Waals surface area contributed by atoms with Crippen LogP contribution in [0.1, 0.15) is 30.5 Å². The minimum Gasteiger partial charge on any atom is -0.478 e. The number of hydrogen-bond acceptors (Lipinski definition) is 7. The van der Waals surface area contributed by atoms with Gasteiger partial charge in [0.05, 0.1) is 22.2 Å². The number of carboxylic acids is 1. The maximum Gasteiger partial charge on any atom is 0.337 e. The van der Waals surface area contributed by atoms with Crippen LogP contribution in [-0.2, 0) is 4.79 Å². The highest BCUT2D eigenvalue weighted by atomic mass is 16.4. The summed E-state index contributed by atoms with van der Waals surface area (Å²) in [7, 11) is 0. The van der Waals surface area contributed by atoms with E-state index in [4.69, 9.17) is 10.9 Å². The molecule has 0 atom stereocenters. The third kappa shape index (κ3) is 6.72. The van der Waals surface area contributed by atoms with E-state index in [0.717, 1.165) is 4.68 Å². The van der Waals surface area contributed by atoms with Crippen LogP contribution in [0.15, 0.2) is 53.3 Å². The fraction of sp³-hybridized carbons (Fsp3) is 0.158. The number of rotatable bonds is 2. The topological polar surface area (TPSA) is 179 Å². The van der Waals surface area contributed by atoms with Crippen molar-refractivity contribution in [2.24, 2.45) is 11.7 Å². The minimum absolute atomic E-state index is 0. The highest BCUT2D eigenvalue weighted by Gasteiger charge is 2.08. The van der Waals surface area contributed by atoms with Crippen molar-refractivity contribution in [3.05, 3.63) is 70.3 Å². The van der Waals surface area contributed by atoms with Crippen LogP contribution in [0.25, 0.3) is 10.9 Å². The van der Waals surface area contributed by atoms with E-state index in [2.05, 4.69) is 22.0 Å². The van der Waals surface area contributed by atoms with Gasteiger partial charge in [-0.25, -0.2) is 14.5 Å². The molecule has 3 aromatic rings. The molecule has 0 saturated carbocycles. The lowest BCUT2D eigenvalue weighted by molar-refractivity contribution is -0.114. The van der Waals surface area contributed by atoms with Gasteiger partial charge in [-0.2, -0.15) is 0 Å². The van der Waals surface area contributed by atoms with Crippen molar-refractivity contribution in [3.63, 3.8) is 0 Å². The van der Waals surface area contributed by atoms with E-state index in [1.54, 1.807) is 43.3 Å². The molecule has 0 unspecified atom stereocenters. The molecule has 3 rings (SSSR count). The van der Waals surface area contributed by atoms with Gasteiger partial charge in [0.1, 0.15) is 5.82 Å². The molecule has 0 aliphatic heterocycles. The Labute approximate surface area is 167 Å². The van der Waals surface area contributed by atoms with E-state index in [1.807, 2.05) is 6.07 Å². The fourth-order valence-electron chi connectivity index (χ4n) is 2.23. The molecular weight excluding hydrogens is 376 g/mol. The number of nitrogens with zero attached hydrogens (tertiary/aromatic N) is 2. The summed E-state index contributed by atoms with van der Waals surface area (Å²) in [6, 6.07) is 13.4. The number of carbonyl (C=O) groups is 2. The van der Waals surface area contributed by atoms with Crippen LogP contribution >= 0.6 is 0 Å². The Hall–Kier alpha value is -3.76. The number of hydrazine groups is 1. The van der Waals surface area contributed by atoms with Gasteiger partial charge < -0.3 is 16.3 Å². The highest BCUT2D eigenvalue weighted by molar-refractivity contribution is 5.99. The summed E-state index contributed by atoms with van der Waals surface area (Å²) in [5, 5.41) is 11.7. The molecule has 1 aromatic heterocycles. The molecule has 0 spiro atoms. The van der Waals surface area contributed by atoms with E-state index in [9.17, 15) is 14.4 Å². The number of nitrogens with two attached hydrogens (primary N) is 3. The Balaban J connectivity index is 0.000000483. The van der Waals surface area contributed by atoms with E-state index >= 15 is 0 Å². The quantitative estimate of drug-likeness (QED) is 0.313. The number of benzene rings is 2. The van der Waals surface area contributed by atoms with Gasteiger partial charge >= 0.3 is 5.97 Å². The number of carbonyl (C=O) groups excluding carboxylic acids is 1. The molecule has 2 aromatic carbocycles. The lowest BCUT2D eigenvalue weighted by Crippen LogP contribution is -2.30. The van der Waals surface area contributed by atoms with Crippen molar-refractivity contribution >= 4 is 28.5 Å². The number of nitrogen functional groups attached to an aromatic ring is 1. The van der Waals surface area contributed by atoms with Crippen LogP contribution in [-0.4, -0.2) is 26.6 Å². The van der Waals surface area contributed by atoms with Crippen LogP contribution in [0.3, 0.4) is 0 Å². The Kier molecular flexibility index (Phi) is 10.3. The molecule has 8 N–H and O–H groups in total. The average molecular weight is 402 g/mol. The Morgan fingerprint density at radius 3 is 2.21 bits per heavy atom. The largest absolute Gasteiger partial charge is 0.478 e. The number of carboxylic acid groups (broad SMARTS) is 1. The first-order chi connectivity index (χ1) is 13.3. The summed E-state index contributed by atoms with van der Waals surface area (Å²) in [5.74, 6) is 12.7. The van der Waals surface area contributed by atoms with Crippen LogP contribution in [0.5, 0.6) is 0 Å². The minimum atomic E-state index is -1.05. The number of amides is 1. The zero-order chi connectivity index (χ0) is 21.3. The first kappa shape index (κ1) is 25.2. The van der Waals surface area contributed by atoms with Crippen molar-refractivity contribution in [2.75, 3.05) is 11.2 Å². The van der Waals surface area contributed by atoms with E-state index < -0.39 is 5.97 Å². The van der Waals surface area contributed by atoms with Crippen LogP contribution in [0.4, 0.5) is 5.69 Å². The number of para-hydroxylation sites is 2. The lowest BCUT2D eigenvalue weighted by atomic mass is 10.2. The van der Waals surface area contributed by atoms with Crippen LogP contribution in [0, 0.1) is 6.92 Å². The van der Waals surface area contributed by atoms with Gasteiger partial charge in [0.25, 0.3) is 5.56 Å². The standard InChI is InChI=1S/C9H9N3O.C9H9NO3.CH4.H4N2/c1-6-11-8-5-3-2-4-7(8)9(13)12(6)10;1-6(11)10-8-5-3-2-4-7(8)9(12)13;;1-2/h2-5H,10H2,1H3;2-5H,1H3,(H,10,11)(H,12,13);1H4;1-2H2. The summed E-state index contributed by atoms with van der Waals surface area (Å²) >= 11 is 0. The van der Waals surface area contributed by atoms with Gasteiger partial charge in [0, 0.05) is 6.92 Å². The maximum absolute atomic E-state index is 11.5. The van der Waals surface area contributed by atoms with Gasteiger partial charge in [-0.3, -0.25) is 21.3 Å². The van der Waals surface area contributed by atoms with Gasteiger partial charge in [-0.05, 0) is 31.2 Å². The van der Waals surface area contributed by atoms with E-state index in [1.165, 1.54) is 13.0 Å². The average Bonchev–Trinajstić information content (AvgIpc) is 2.68. The van der Waals surface area contributed by atoms with Gasteiger partial charge in [-0.15, -0.1) is 0 Å². The summed E-state index contributed by atoms with van der Waals surface area (Å²) in [5.41, 5.74) is 0.898. The van der Waals surface area contributed by atoms with Gasteiger partial charge in [-0.1, -0.05) is 31.7 Å². The smallest absolute Gasteiger partial charge is 0.337 e. The number of hydrogen-bond donors (Lipinski definition) is 5. The number of nitrogens with one attached hydrogen (secondary N) is 1. The second-order valence-corrected chi connectivity index (χ2v) is 5.38. The molecule has 0 radical (unpaired) electrons. The van der Waals surface area contributed by atoms with E-state index in [-0.39, 0.29) is 24.5 Å². The van der Waals surface area contributed by atoms with Crippen molar-refractivity contribution in [3.8, 4) is 0 Å². The third-order valence-corrected chi connectivity index (χ3v) is 3.45. The second-order valence-electron chi connectivity index (χ2n) is 5.38. The molecule has 0 fully saturated rings. The normalized spacial score (nSPS) is 9.10. The summed E-state index contributed by atoms with van der Waals surface area (Å²) < 4.78 is 1.06. The zero-order valence-corrected chi connectivity index (χ0v) is 15.4. The molecule has 1 heterocycles.